The van der Waals surface area contributed by atoms with Crippen LogP contribution in [-0.2, 0) is 4.74 Å². The van der Waals surface area contributed by atoms with E-state index in [1.54, 1.807) is 12.1 Å². The normalized spacial score (nSPS) is 9.67. The molecule has 1 aromatic rings. The fourth-order valence-corrected chi connectivity index (χ4v) is 1.03. The highest BCUT2D eigenvalue weighted by atomic mass is 16.5. The molecular formula is C10H14N2O3. The number of hydrogen-bond donors (Lipinski definition) is 3. The van der Waals surface area contributed by atoms with Crippen LogP contribution in [0, 0.1) is 0 Å². The largest absolute Gasteiger partial charge is 0.506 e. The molecule has 0 aliphatic heterocycles. The number of nitrogen functional groups attached to an aromatic ring is 1. The number of phenols is 1. The van der Waals surface area contributed by atoms with Crippen molar-refractivity contribution in [3.63, 3.8) is 0 Å². The molecule has 0 unspecified atom stereocenters. The fourth-order valence-electron chi connectivity index (χ4n) is 1.03. The summed E-state index contributed by atoms with van der Waals surface area (Å²) >= 11 is 0. The minimum Gasteiger partial charge on any atom is -0.506 e. The van der Waals surface area contributed by atoms with Crippen molar-refractivity contribution in [3.05, 3.63) is 18.2 Å². The van der Waals surface area contributed by atoms with Gasteiger partial charge in [-0.1, -0.05) is 13.0 Å². The van der Waals surface area contributed by atoms with Gasteiger partial charge in [-0.05, 0) is 18.6 Å². The lowest BCUT2D eigenvalue weighted by Crippen LogP contribution is -2.15. The van der Waals surface area contributed by atoms with Crippen molar-refractivity contribution in [3.8, 4) is 5.75 Å². The number of carbonyl (C=O) groups excluding carboxylic acids is 1. The number of nitrogens with two attached hydrogens (primary N) is 1. The Morgan fingerprint density at radius 2 is 2.33 bits per heavy atom. The molecule has 5 nitrogen and oxygen atoms in total. The van der Waals surface area contributed by atoms with Crippen LogP contribution in [0.1, 0.15) is 13.3 Å². The van der Waals surface area contributed by atoms with Crippen LogP contribution in [0.15, 0.2) is 18.2 Å². The number of rotatable bonds is 3. The van der Waals surface area contributed by atoms with Crippen LogP contribution in [0.4, 0.5) is 16.2 Å². The number of hydrogen-bond acceptors (Lipinski definition) is 4. The van der Waals surface area contributed by atoms with Gasteiger partial charge in [0, 0.05) is 0 Å². The molecule has 0 heterocycles. The number of carbonyl (C=O) groups is 1. The number of ether oxygens (including phenoxy) is 1. The molecule has 0 saturated heterocycles. The molecule has 15 heavy (non-hydrogen) atoms. The molecule has 0 spiro atoms. The van der Waals surface area contributed by atoms with Crippen molar-refractivity contribution >= 4 is 17.5 Å². The zero-order chi connectivity index (χ0) is 11.3. The topological polar surface area (TPSA) is 84.6 Å². The number of anilines is 2. The predicted molar refractivity (Wildman–Crippen MR) is 57.8 cm³/mol. The van der Waals surface area contributed by atoms with Crippen molar-refractivity contribution < 1.29 is 14.6 Å². The van der Waals surface area contributed by atoms with Gasteiger partial charge < -0.3 is 15.6 Å². The fraction of sp³-hybridized carbons (Fsp3) is 0.300. The molecule has 1 aromatic carbocycles. The van der Waals surface area contributed by atoms with E-state index in [1.807, 2.05) is 6.92 Å². The van der Waals surface area contributed by atoms with E-state index in [9.17, 15) is 9.90 Å². The molecule has 0 atom stereocenters. The molecule has 82 valence electrons. The predicted octanol–water partition coefficient (Wildman–Crippen LogP) is 1.93. The Kier molecular flexibility index (Phi) is 3.79. The molecule has 1 rings (SSSR count). The van der Waals surface area contributed by atoms with E-state index in [1.165, 1.54) is 6.07 Å². The van der Waals surface area contributed by atoms with Crippen LogP contribution in [0.5, 0.6) is 5.75 Å². The van der Waals surface area contributed by atoms with E-state index < -0.39 is 6.09 Å². The van der Waals surface area contributed by atoms with Crippen LogP contribution in [0.25, 0.3) is 0 Å². The molecular weight excluding hydrogens is 196 g/mol. The smallest absolute Gasteiger partial charge is 0.411 e. The molecule has 0 aliphatic rings. The summed E-state index contributed by atoms with van der Waals surface area (Å²) in [7, 11) is 0. The average Bonchev–Trinajstić information content (AvgIpc) is 2.21. The maximum atomic E-state index is 11.2. The van der Waals surface area contributed by atoms with E-state index >= 15 is 0 Å². The second-order valence-electron chi connectivity index (χ2n) is 3.00. The first-order chi connectivity index (χ1) is 7.15. The monoisotopic (exact) mass is 210 g/mol. The van der Waals surface area contributed by atoms with Gasteiger partial charge in [0.2, 0.25) is 0 Å². The Balaban J connectivity index is 2.68. The molecule has 0 radical (unpaired) electrons. The van der Waals surface area contributed by atoms with E-state index in [0.717, 1.165) is 6.42 Å². The van der Waals surface area contributed by atoms with Crippen LogP contribution < -0.4 is 11.1 Å². The molecule has 1 amide bonds. The minimum absolute atomic E-state index is 0.0801. The van der Waals surface area contributed by atoms with E-state index in [0.29, 0.717) is 12.3 Å². The lowest BCUT2D eigenvalue weighted by Gasteiger charge is -2.09. The Morgan fingerprint density at radius 1 is 1.60 bits per heavy atom. The number of phenolic OH excluding ortho intramolecular Hbond substituents is 1. The molecule has 5 heteroatoms. The standard InChI is InChI=1S/C10H14N2O3/c1-2-6-15-10(14)12-9-7(11)4-3-5-8(9)13/h3-5,13H,2,6,11H2,1H3,(H,12,14). The third-order valence-corrected chi connectivity index (χ3v) is 1.74. The lowest BCUT2D eigenvalue weighted by molar-refractivity contribution is 0.161. The van der Waals surface area contributed by atoms with Gasteiger partial charge in [-0.15, -0.1) is 0 Å². The highest BCUT2D eigenvalue weighted by molar-refractivity contribution is 5.91. The van der Waals surface area contributed by atoms with Gasteiger partial charge in [0.15, 0.2) is 0 Å². The summed E-state index contributed by atoms with van der Waals surface area (Å²) < 4.78 is 4.79. The highest BCUT2D eigenvalue weighted by Gasteiger charge is 2.09. The number of para-hydroxylation sites is 1. The minimum atomic E-state index is -0.620. The Bertz CT molecular complexity index is 332. The Hall–Kier alpha value is -1.91. The summed E-state index contributed by atoms with van der Waals surface area (Å²) in [5.74, 6) is -0.0801. The van der Waals surface area contributed by atoms with E-state index in [2.05, 4.69) is 5.32 Å². The zero-order valence-electron chi connectivity index (χ0n) is 8.49. The second kappa shape index (κ2) is 5.09. The number of benzene rings is 1. The summed E-state index contributed by atoms with van der Waals surface area (Å²) in [6.45, 7) is 2.22. The summed E-state index contributed by atoms with van der Waals surface area (Å²) in [6, 6.07) is 4.61. The van der Waals surface area contributed by atoms with Gasteiger partial charge in [0.25, 0.3) is 0 Å². The van der Waals surface area contributed by atoms with Gasteiger partial charge in [-0.25, -0.2) is 4.79 Å². The number of amides is 1. The third kappa shape index (κ3) is 3.05. The second-order valence-corrected chi connectivity index (χ2v) is 3.00. The van der Waals surface area contributed by atoms with Crippen molar-refractivity contribution in [2.75, 3.05) is 17.7 Å². The third-order valence-electron chi connectivity index (χ3n) is 1.74. The summed E-state index contributed by atoms with van der Waals surface area (Å²) in [5.41, 5.74) is 6.04. The molecule has 0 fully saturated rings. The van der Waals surface area contributed by atoms with Crippen LogP contribution in [0.3, 0.4) is 0 Å². The van der Waals surface area contributed by atoms with Crippen molar-refractivity contribution in [1.29, 1.82) is 0 Å². The van der Waals surface area contributed by atoms with Gasteiger partial charge >= 0.3 is 6.09 Å². The summed E-state index contributed by atoms with van der Waals surface area (Å²) in [4.78, 5) is 11.2. The Labute approximate surface area is 87.9 Å². The van der Waals surface area contributed by atoms with Gasteiger partial charge in [-0.2, -0.15) is 0 Å². The average molecular weight is 210 g/mol. The SMILES string of the molecule is CCCOC(=O)Nc1c(N)cccc1O. The van der Waals surface area contributed by atoms with Crippen molar-refractivity contribution in [2.45, 2.75) is 13.3 Å². The quantitative estimate of drug-likeness (QED) is 0.525. The first kappa shape index (κ1) is 11.2. The summed E-state index contributed by atoms with van der Waals surface area (Å²) in [5, 5.41) is 11.8. The van der Waals surface area contributed by atoms with Gasteiger partial charge in [0.1, 0.15) is 11.4 Å². The maximum Gasteiger partial charge on any atom is 0.411 e. The zero-order valence-corrected chi connectivity index (χ0v) is 8.49. The highest BCUT2D eigenvalue weighted by Crippen LogP contribution is 2.28. The van der Waals surface area contributed by atoms with Gasteiger partial charge in [0.05, 0.1) is 12.3 Å². The van der Waals surface area contributed by atoms with E-state index in [4.69, 9.17) is 10.5 Å². The van der Waals surface area contributed by atoms with Crippen molar-refractivity contribution in [1.82, 2.24) is 0 Å². The maximum absolute atomic E-state index is 11.2. The van der Waals surface area contributed by atoms with E-state index in [-0.39, 0.29) is 11.4 Å². The van der Waals surface area contributed by atoms with Crippen LogP contribution in [-0.4, -0.2) is 17.8 Å². The molecule has 0 bridgehead atoms. The number of aromatic hydroxyl groups is 1. The Morgan fingerprint density at radius 3 is 2.93 bits per heavy atom. The first-order valence-electron chi connectivity index (χ1n) is 4.66. The van der Waals surface area contributed by atoms with Gasteiger partial charge in [-0.3, -0.25) is 5.32 Å². The molecule has 0 aliphatic carbocycles. The van der Waals surface area contributed by atoms with Crippen LogP contribution in [0.2, 0.25) is 0 Å². The van der Waals surface area contributed by atoms with Crippen LogP contribution >= 0.6 is 0 Å². The number of nitrogens with one attached hydrogen (secondary N) is 1. The summed E-state index contributed by atoms with van der Waals surface area (Å²) in [6.07, 6.45) is 0.119. The lowest BCUT2D eigenvalue weighted by atomic mass is 10.2. The molecule has 0 aromatic heterocycles. The molecule has 0 saturated carbocycles. The first-order valence-corrected chi connectivity index (χ1v) is 4.66. The van der Waals surface area contributed by atoms with Crippen molar-refractivity contribution in [2.24, 2.45) is 0 Å². The molecule has 4 N–H and O–H groups in total.